The number of carbonyl (C=O) groups excluding carboxylic acids is 1. The number of likely N-dealkylation sites (tertiary alicyclic amines) is 1. The third-order valence-electron chi connectivity index (χ3n) is 5.89. The van der Waals surface area contributed by atoms with Crippen molar-refractivity contribution < 1.29 is 14.4 Å². The average Bonchev–Trinajstić information content (AvgIpc) is 2.67. The molecule has 4 nitrogen and oxygen atoms in total. The third kappa shape index (κ3) is 5.14. The molecule has 2 N–H and O–H groups in total. The number of hydrogen-bond donors (Lipinski definition) is 2. The van der Waals surface area contributed by atoms with Crippen LogP contribution in [0.4, 0.5) is 0 Å². The van der Waals surface area contributed by atoms with E-state index in [0.717, 1.165) is 11.0 Å². The van der Waals surface area contributed by atoms with E-state index in [-0.39, 0.29) is 18.1 Å². The van der Waals surface area contributed by atoms with Crippen LogP contribution in [0.1, 0.15) is 51.4 Å². The van der Waals surface area contributed by atoms with Gasteiger partial charge in [0.15, 0.2) is 6.61 Å². The van der Waals surface area contributed by atoms with Gasteiger partial charge in [0, 0.05) is 17.9 Å². The van der Waals surface area contributed by atoms with Gasteiger partial charge in [-0.05, 0) is 66.2 Å². The highest BCUT2D eigenvalue weighted by Crippen LogP contribution is 2.28. The van der Waals surface area contributed by atoms with Crippen molar-refractivity contribution in [3.8, 4) is 5.75 Å². The van der Waals surface area contributed by atoms with Crippen molar-refractivity contribution >= 4 is 33.4 Å². The maximum atomic E-state index is 12.4. The molecule has 3 rings (SSSR count). The first kappa shape index (κ1) is 20.0. The standard InChI is InChI=1S/C20H28BrClN2O2/c21-17-13-16(22)7-8-18(17)26-14-19(25)23-15-20(9-3-1-4-10-20)24-11-5-2-6-12-24/h7-8,13H,1-6,9-12,14-15H2,(H,23,25)/p+1. The van der Waals surface area contributed by atoms with Crippen molar-refractivity contribution in [3.05, 3.63) is 27.7 Å². The predicted octanol–water partition coefficient (Wildman–Crippen LogP) is 3.37. The van der Waals surface area contributed by atoms with E-state index >= 15 is 0 Å². The first-order valence-electron chi connectivity index (χ1n) is 9.79. The summed E-state index contributed by atoms with van der Waals surface area (Å²) >= 11 is 9.35. The van der Waals surface area contributed by atoms with E-state index in [2.05, 4.69) is 21.2 Å². The van der Waals surface area contributed by atoms with Crippen molar-refractivity contribution in [3.63, 3.8) is 0 Å². The lowest BCUT2D eigenvalue weighted by atomic mass is 9.79. The van der Waals surface area contributed by atoms with Gasteiger partial charge in [0.2, 0.25) is 0 Å². The first-order chi connectivity index (χ1) is 12.6. The van der Waals surface area contributed by atoms with Gasteiger partial charge in [-0.15, -0.1) is 0 Å². The summed E-state index contributed by atoms with van der Waals surface area (Å²) in [5.74, 6) is 0.590. The number of amides is 1. The fourth-order valence-electron chi connectivity index (χ4n) is 4.45. The molecule has 1 heterocycles. The normalized spacial score (nSPS) is 20.5. The Labute approximate surface area is 169 Å². The Morgan fingerprint density at radius 1 is 1.15 bits per heavy atom. The molecule has 0 spiro atoms. The summed E-state index contributed by atoms with van der Waals surface area (Å²) in [4.78, 5) is 14.1. The molecular weight excluding hydrogens is 416 g/mol. The SMILES string of the molecule is O=C(COc1ccc(Cl)cc1Br)NCC1([NH+]2CCCCC2)CCCCC1. The molecule has 1 aromatic rings. The number of benzene rings is 1. The fourth-order valence-corrected chi connectivity index (χ4v) is 5.24. The number of rotatable bonds is 6. The van der Waals surface area contributed by atoms with Crippen molar-refractivity contribution in [1.82, 2.24) is 5.32 Å². The van der Waals surface area contributed by atoms with E-state index in [4.69, 9.17) is 16.3 Å². The molecule has 1 saturated heterocycles. The lowest BCUT2D eigenvalue weighted by Crippen LogP contribution is -3.22. The average molecular weight is 445 g/mol. The molecule has 2 fully saturated rings. The van der Waals surface area contributed by atoms with Gasteiger partial charge in [0.05, 0.1) is 24.1 Å². The number of halogens is 2. The van der Waals surface area contributed by atoms with Crippen molar-refractivity contribution in [2.24, 2.45) is 0 Å². The number of hydrogen-bond acceptors (Lipinski definition) is 2. The van der Waals surface area contributed by atoms with Crippen molar-refractivity contribution in [2.45, 2.75) is 56.9 Å². The third-order valence-corrected chi connectivity index (χ3v) is 6.75. The van der Waals surface area contributed by atoms with Crippen LogP contribution in [-0.4, -0.2) is 37.7 Å². The summed E-state index contributed by atoms with van der Waals surface area (Å²) in [6.45, 7) is 3.31. The van der Waals surface area contributed by atoms with Crippen molar-refractivity contribution in [1.29, 1.82) is 0 Å². The Balaban J connectivity index is 1.53. The molecule has 2 aliphatic rings. The van der Waals surface area contributed by atoms with Crippen LogP contribution in [0.25, 0.3) is 0 Å². The number of ether oxygens (including phenoxy) is 1. The van der Waals surface area contributed by atoms with Crippen LogP contribution < -0.4 is 15.0 Å². The molecule has 1 aliphatic heterocycles. The number of nitrogens with one attached hydrogen (secondary N) is 2. The molecule has 6 heteroatoms. The molecule has 1 amide bonds. The number of carbonyl (C=O) groups is 1. The minimum Gasteiger partial charge on any atom is -0.483 e. The van der Waals surface area contributed by atoms with Crippen molar-refractivity contribution in [2.75, 3.05) is 26.2 Å². The summed E-state index contributed by atoms with van der Waals surface area (Å²) in [6, 6.07) is 5.31. The van der Waals surface area contributed by atoms with Crippen LogP contribution >= 0.6 is 27.5 Å². The minimum atomic E-state index is -0.0480. The molecule has 0 bridgehead atoms. The summed E-state index contributed by atoms with van der Waals surface area (Å²) in [5.41, 5.74) is 0.231. The van der Waals surface area contributed by atoms with Gasteiger partial charge in [0.25, 0.3) is 5.91 Å². The quantitative estimate of drug-likeness (QED) is 0.706. The zero-order chi connectivity index (χ0) is 18.4. The second kappa shape index (κ2) is 9.43. The molecule has 144 valence electrons. The lowest BCUT2D eigenvalue weighted by molar-refractivity contribution is -0.957. The van der Waals surface area contributed by atoms with Crippen LogP contribution in [0.3, 0.4) is 0 Å². The highest BCUT2D eigenvalue weighted by molar-refractivity contribution is 9.10. The van der Waals surface area contributed by atoms with Gasteiger partial charge >= 0.3 is 0 Å². The monoisotopic (exact) mass is 443 g/mol. The number of quaternary nitrogens is 1. The van der Waals surface area contributed by atoms with E-state index in [0.29, 0.717) is 10.8 Å². The molecule has 1 aliphatic carbocycles. The summed E-state index contributed by atoms with van der Waals surface area (Å²) in [7, 11) is 0. The Kier molecular flexibility index (Phi) is 7.24. The van der Waals surface area contributed by atoms with Gasteiger partial charge in [-0.1, -0.05) is 18.0 Å². The Bertz CT molecular complexity index is 614. The molecular formula is C20H29BrClN2O2+. The van der Waals surface area contributed by atoms with Crippen LogP contribution in [0.5, 0.6) is 5.75 Å². The molecule has 0 atom stereocenters. The molecule has 26 heavy (non-hydrogen) atoms. The summed E-state index contributed by atoms with van der Waals surface area (Å²) in [5, 5.41) is 3.80. The van der Waals surface area contributed by atoms with Gasteiger partial charge in [-0.2, -0.15) is 0 Å². The molecule has 0 unspecified atom stereocenters. The van der Waals surface area contributed by atoms with Gasteiger partial charge in [-0.3, -0.25) is 4.79 Å². The lowest BCUT2D eigenvalue weighted by Gasteiger charge is -2.45. The summed E-state index contributed by atoms with van der Waals surface area (Å²) in [6.07, 6.45) is 10.4. The second-order valence-electron chi connectivity index (χ2n) is 7.65. The molecule has 0 radical (unpaired) electrons. The molecule has 0 aromatic heterocycles. The van der Waals surface area contributed by atoms with Gasteiger partial charge in [0.1, 0.15) is 11.3 Å². The van der Waals surface area contributed by atoms with E-state index in [1.165, 1.54) is 64.5 Å². The Morgan fingerprint density at radius 2 is 1.85 bits per heavy atom. The minimum absolute atomic E-state index is 0.0334. The van der Waals surface area contributed by atoms with Gasteiger partial charge in [-0.25, -0.2) is 0 Å². The smallest absolute Gasteiger partial charge is 0.258 e. The van der Waals surface area contributed by atoms with E-state index in [9.17, 15) is 4.79 Å². The van der Waals surface area contributed by atoms with E-state index in [1.807, 2.05) is 0 Å². The Morgan fingerprint density at radius 3 is 2.54 bits per heavy atom. The first-order valence-corrected chi connectivity index (χ1v) is 11.0. The fraction of sp³-hybridized carbons (Fsp3) is 0.650. The topological polar surface area (TPSA) is 42.8 Å². The Hall–Kier alpha value is -0.780. The molecule has 1 aromatic carbocycles. The highest BCUT2D eigenvalue weighted by atomic mass is 79.9. The van der Waals surface area contributed by atoms with Crippen LogP contribution in [-0.2, 0) is 4.79 Å². The largest absolute Gasteiger partial charge is 0.483 e. The maximum Gasteiger partial charge on any atom is 0.258 e. The van der Waals surface area contributed by atoms with Gasteiger partial charge < -0.3 is 15.0 Å². The summed E-state index contributed by atoms with van der Waals surface area (Å²) < 4.78 is 6.41. The van der Waals surface area contributed by atoms with E-state index in [1.54, 1.807) is 23.1 Å². The van der Waals surface area contributed by atoms with Crippen LogP contribution in [0, 0.1) is 0 Å². The zero-order valence-corrected chi connectivity index (χ0v) is 17.6. The predicted molar refractivity (Wildman–Crippen MR) is 108 cm³/mol. The maximum absolute atomic E-state index is 12.4. The highest BCUT2D eigenvalue weighted by Gasteiger charge is 2.42. The number of piperidine rings is 1. The second-order valence-corrected chi connectivity index (χ2v) is 8.94. The van der Waals surface area contributed by atoms with E-state index < -0.39 is 0 Å². The zero-order valence-electron chi connectivity index (χ0n) is 15.3. The molecule has 1 saturated carbocycles. The van der Waals surface area contributed by atoms with Crippen LogP contribution in [0.2, 0.25) is 5.02 Å². The van der Waals surface area contributed by atoms with Crippen LogP contribution in [0.15, 0.2) is 22.7 Å².